The van der Waals surface area contributed by atoms with E-state index in [4.69, 9.17) is 14.2 Å². The molecule has 0 aliphatic carbocycles. The van der Waals surface area contributed by atoms with Crippen molar-refractivity contribution >= 4 is 23.4 Å². The molecule has 1 fully saturated rings. The minimum absolute atomic E-state index is 0.0402. The van der Waals surface area contributed by atoms with Crippen molar-refractivity contribution in [2.75, 3.05) is 20.3 Å². The van der Waals surface area contributed by atoms with E-state index in [1.165, 1.54) is 11.8 Å². The lowest BCUT2D eigenvalue weighted by molar-refractivity contribution is -0.164. The van der Waals surface area contributed by atoms with Gasteiger partial charge in [-0.1, -0.05) is 39.0 Å². The highest BCUT2D eigenvalue weighted by atomic mass is 16.5. The molecule has 1 amide bonds. The van der Waals surface area contributed by atoms with Gasteiger partial charge in [0.25, 0.3) is 5.91 Å². The van der Waals surface area contributed by atoms with Crippen LogP contribution in [0.25, 0.3) is 0 Å². The molecule has 1 aliphatic heterocycles. The van der Waals surface area contributed by atoms with Crippen LogP contribution in [0.2, 0.25) is 0 Å². The lowest BCUT2D eigenvalue weighted by Gasteiger charge is -2.36. The molecule has 1 aliphatic rings. The topological polar surface area (TPSA) is 119 Å². The third-order valence-corrected chi connectivity index (χ3v) is 7.89. The molecule has 1 N–H and O–H groups in total. The van der Waals surface area contributed by atoms with Crippen molar-refractivity contribution in [3.63, 3.8) is 0 Å². The van der Waals surface area contributed by atoms with E-state index in [0.717, 1.165) is 17.5 Å². The normalized spacial score (nSPS) is 16.0. The Morgan fingerprint density at radius 1 is 1.07 bits per heavy atom. The highest BCUT2D eigenvalue weighted by molar-refractivity contribution is 6.38. The molecule has 0 saturated carbocycles. The molecule has 0 bridgehead atoms. The van der Waals surface area contributed by atoms with Gasteiger partial charge < -0.3 is 24.2 Å². The maximum absolute atomic E-state index is 13.6. The van der Waals surface area contributed by atoms with Gasteiger partial charge in [-0.3, -0.25) is 14.4 Å². The van der Waals surface area contributed by atoms with Crippen LogP contribution in [0.4, 0.5) is 0 Å². The van der Waals surface area contributed by atoms with Gasteiger partial charge in [-0.15, -0.1) is 0 Å². The summed E-state index contributed by atoms with van der Waals surface area (Å²) in [7, 11) is 1.55. The number of aliphatic hydroxyl groups is 1. The fourth-order valence-electron chi connectivity index (χ4n) is 4.88. The second kappa shape index (κ2) is 15.0. The summed E-state index contributed by atoms with van der Waals surface area (Å²) in [6.45, 7) is 6.91. The summed E-state index contributed by atoms with van der Waals surface area (Å²) in [4.78, 5) is 52.6. The van der Waals surface area contributed by atoms with E-state index in [1.54, 1.807) is 51.3 Å². The number of ketones is 2. The van der Waals surface area contributed by atoms with Gasteiger partial charge in [-0.25, -0.2) is 4.79 Å². The summed E-state index contributed by atoms with van der Waals surface area (Å²) in [6, 6.07) is 11.7. The molecular weight excluding hydrogens is 538 g/mol. The largest absolute Gasteiger partial charge is 0.496 e. The molecule has 2 atom stereocenters. The summed E-state index contributed by atoms with van der Waals surface area (Å²) in [5.41, 5.74) is 1.51. The number of nitrogens with zero attached hydrogens (tertiary/aromatic N) is 1. The van der Waals surface area contributed by atoms with Gasteiger partial charge in [0.1, 0.15) is 30.3 Å². The summed E-state index contributed by atoms with van der Waals surface area (Å²) >= 11 is 0. The molecule has 2 aromatic carbocycles. The standard InChI is InChI=1S/C33H43NO8/c1-6-33(3,4)30(37)31(38)34-18-8-7-9-27(34)32(39)42-29(24-12-14-26(15-13-24)41-21-22(2)36)17-11-23-10-16-28(40-5)25(19-23)20-35/h10,12-16,19,27,29,35H,6-9,11,17-18,20-21H2,1-5H3/t27-,29+/m0/s1. The van der Waals surface area contributed by atoms with Crippen molar-refractivity contribution in [1.29, 1.82) is 0 Å². The Morgan fingerprint density at radius 3 is 2.40 bits per heavy atom. The number of piperidine rings is 1. The first-order valence-electron chi connectivity index (χ1n) is 14.6. The van der Waals surface area contributed by atoms with Crippen LogP contribution in [0.3, 0.4) is 0 Å². The minimum atomic E-state index is -0.842. The molecule has 1 heterocycles. The first kappa shape index (κ1) is 32.8. The Morgan fingerprint density at radius 2 is 1.79 bits per heavy atom. The van der Waals surface area contributed by atoms with Crippen LogP contribution in [0.15, 0.2) is 42.5 Å². The van der Waals surface area contributed by atoms with E-state index in [9.17, 15) is 24.3 Å². The van der Waals surface area contributed by atoms with Crippen molar-refractivity contribution in [2.45, 2.75) is 85.0 Å². The number of benzene rings is 2. The number of hydrogen-bond acceptors (Lipinski definition) is 8. The van der Waals surface area contributed by atoms with Crippen LogP contribution in [-0.4, -0.2) is 59.8 Å². The maximum atomic E-state index is 13.6. The number of esters is 1. The number of aryl methyl sites for hydroxylation is 1. The van der Waals surface area contributed by atoms with Crippen LogP contribution < -0.4 is 9.47 Å². The summed E-state index contributed by atoms with van der Waals surface area (Å²) in [6.07, 6.45) is 2.71. The van der Waals surface area contributed by atoms with Crippen molar-refractivity contribution < 1.29 is 38.5 Å². The van der Waals surface area contributed by atoms with Gasteiger partial charge in [0, 0.05) is 17.5 Å². The van der Waals surface area contributed by atoms with Crippen LogP contribution in [0.5, 0.6) is 11.5 Å². The second-order valence-electron chi connectivity index (χ2n) is 11.4. The molecule has 0 spiro atoms. The van der Waals surface area contributed by atoms with Crippen molar-refractivity contribution in [1.82, 2.24) is 4.90 Å². The molecule has 0 unspecified atom stereocenters. The molecule has 9 heteroatoms. The lowest BCUT2D eigenvalue weighted by Crippen LogP contribution is -2.53. The number of ether oxygens (including phenoxy) is 3. The lowest BCUT2D eigenvalue weighted by atomic mass is 9.84. The third-order valence-electron chi connectivity index (χ3n) is 7.89. The van der Waals surface area contributed by atoms with Crippen LogP contribution in [0.1, 0.15) is 82.6 Å². The zero-order valence-electron chi connectivity index (χ0n) is 25.3. The number of aliphatic hydroxyl groups excluding tert-OH is 1. The van der Waals surface area contributed by atoms with Gasteiger partial charge in [0.05, 0.1) is 13.7 Å². The Hall–Kier alpha value is -3.72. The molecule has 42 heavy (non-hydrogen) atoms. The third kappa shape index (κ3) is 8.41. The first-order valence-corrected chi connectivity index (χ1v) is 14.6. The smallest absolute Gasteiger partial charge is 0.329 e. The second-order valence-corrected chi connectivity index (χ2v) is 11.4. The molecule has 3 rings (SSSR count). The summed E-state index contributed by atoms with van der Waals surface area (Å²) in [5.74, 6) is -0.669. The van der Waals surface area contributed by atoms with Gasteiger partial charge >= 0.3 is 5.97 Å². The summed E-state index contributed by atoms with van der Waals surface area (Å²) < 4.78 is 16.9. The Kier molecular flexibility index (Phi) is 11.7. The van der Waals surface area contributed by atoms with Crippen LogP contribution in [-0.2, 0) is 36.9 Å². The molecule has 2 aromatic rings. The maximum Gasteiger partial charge on any atom is 0.329 e. The molecular formula is C33H43NO8. The van der Waals surface area contributed by atoms with Crippen LogP contribution >= 0.6 is 0 Å². The fourth-order valence-corrected chi connectivity index (χ4v) is 4.88. The molecule has 0 aromatic heterocycles. The van der Waals surface area contributed by atoms with Crippen LogP contribution in [0, 0.1) is 5.41 Å². The SMILES string of the molecule is CCC(C)(C)C(=O)C(=O)N1CCCC[C@H]1C(=O)O[C@H](CCc1ccc(OC)c(CO)c1)c1ccc(OCC(C)=O)cc1. The highest BCUT2D eigenvalue weighted by Crippen LogP contribution is 2.30. The number of carbonyl (C=O) groups excluding carboxylic acids is 4. The van der Waals surface area contributed by atoms with Crippen molar-refractivity contribution in [2.24, 2.45) is 5.41 Å². The van der Waals surface area contributed by atoms with Gasteiger partial charge in [0.15, 0.2) is 5.78 Å². The Bertz CT molecular complexity index is 1250. The predicted octanol–water partition coefficient (Wildman–Crippen LogP) is 4.76. The van der Waals surface area contributed by atoms with Crippen molar-refractivity contribution in [3.05, 3.63) is 59.2 Å². The minimum Gasteiger partial charge on any atom is -0.496 e. The van der Waals surface area contributed by atoms with Gasteiger partial charge in [-0.05, 0) is 80.8 Å². The van der Waals surface area contributed by atoms with Gasteiger partial charge in [-0.2, -0.15) is 0 Å². The van der Waals surface area contributed by atoms with E-state index in [0.29, 0.717) is 55.7 Å². The van der Waals surface area contributed by atoms with E-state index in [-0.39, 0.29) is 19.0 Å². The van der Waals surface area contributed by atoms with Crippen molar-refractivity contribution in [3.8, 4) is 11.5 Å². The number of hydrogen-bond donors (Lipinski definition) is 1. The first-order chi connectivity index (χ1) is 20.0. The number of methoxy groups -OCH3 is 1. The fraction of sp³-hybridized carbons (Fsp3) is 0.515. The number of Topliss-reactive ketones (excluding diaryl/α,β-unsaturated/α-hetero) is 2. The molecule has 1 saturated heterocycles. The van der Waals surface area contributed by atoms with E-state index in [2.05, 4.69) is 0 Å². The predicted molar refractivity (Wildman–Crippen MR) is 157 cm³/mol. The number of rotatable bonds is 14. The summed E-state index contributed by atoms with van der Waals surface area (Å²) in [5, 5.41) is 9.73. The number of carbonyl (C=O) groups is 4. The highest BCUT2D eigenvalue weighted by Gasteiger charge is 2.41. The number of amides is 1. The van der Waals surface area contributed by atoms with E-state index in [1.807, 2.05) is 19.1 Å². The van der Waals surface area contributed by atoms with Gasteiger partial charge in [0.2, 0.25) is 5.78 Å². The zero-order chi connectivity index (χ0) is 30.9. The zero-order valence-corrected chi connectivity index (χ0v) is 25.3. The number of likely N-dealkylation sites (tertiary alicyclic amines) is 1. The molecule has 9 nitrogen and oxygen atoms in total. The van der Waals surface area contributed by atoms with E-state index >= 15 is 0 Å². The Labute approximate surface area is 248 Å². The molecule has 228 valence electrons. The molecule has 0 radical (unpaired) electrons. The van der Waals surface area contributed by atoms with E-state index < -0.39 is 35.2 Å². The monoisotopic (exact) mass is 581 g/mol. The average molecular weight is 582 g/mol. The quantitative estimate of drug-likeness (QED) is 0.251. The average Bonchev–Trinajstić information content (AvgIpc) is 3.01. The Balaban J connectivity index is 1.84.